The van der Waals surface area contributed by atoms with Crippen LogP contribution in [0.3, 0.4) is 0 Å². The molecule has 19 nitrogen and oxygen atoms in total. The van der Waals surface area contributed by atoms with E-state index in [9.17, 15) is 18.6 Å². The maximum atomic E-state index is 13.9. The van der Waals surface area contributed by atoms with E-state index in [0.29, 0.717) is 10.5 Å². The zero-order chi connectivity index (χ0) is 67.2. The fourth-order valence-electron chi connectivity index (χ4n) is 11.8. The lowest BCUT2D eigenvalue weighted by atomic mass is 9.95. The molecule has 0 aromatic heterocycles. The van der Waals surface area contributed by atoms with E-state index < -0.39 is 127 Å². The van der Waals surface area contributed by atoms with Gasteiger partial charge in [-0.3, -0.25) is 18.6 Å². The standard InChI is InChI=1S/C76H86O19S/c1-50(2)96(80)64-40-26-25-39-61(64)47-87-75-73(92-54(6)79)70(95-76-72(91-53(5)78)68(85-45-59-35-21-11-22-36-59)65(51(3)89-76)82-42-56-29-15-8-16-30-56)67(84-44-58-33-19-10-20-34-58)63(94-75)49-88-74-71(90-52(4)77)69(86-46-60-37-23-12-24-38-60)66(83-43-57-31-17-9-18-32-57)62(93-74)48-81-41-55-27-13-7-14-28-55/h7-40,50-51,62-63,65-76H,41-49H2,1-6H3/t51-,62+,63+,65-,66+,67+,68+,69-,70-,71+,72+,73+,74+,75+,76-,96?/m0/s1. The second-order valence-corrected chi connectivity index (χ2v) is 26.0. The van der Waals surface area contributed by atoms with E-state index in [1.54, 1.807) is 18.2 Å². The molecule has 3 heterocycles. The molecule has 10 rings (SSSR count). The van der Waals surface area contributed by atoms with Crippen molar-refractivity contribution < 1.29 is 89.6 Å². The summed E-state index contributed by atoms with van der Waals surface area (Å²) in [6, 6.07) is 64.6. The van der Waals surface area contributed by atoms with E-state index in [-0.39, 0.29) is 58.1 Å². The van der Waals surface area contributed by atoms with Crippen molar-refractivity contribution in [1.29, 1.82) is 0 Å². The molecule has 7 aromatic rings. The number of benzene rings is 7. The van der Waals surface area contributed by atoms with Crippen molar-refractivity contribution in [3.05, 3.63) is 245 Å². The summed E-state index contributed by atoms with van der Waals surface area (Å²) in [6.45, 7) is 9.37. The van der Waals surface area contributed by atoms with Gasteiger partial charge in [-0.1, -0.05) is 214 Å². The Hall–Kier alpha value is -7.38. The summed E-state index contributed by atoms with van der Waals surface area (Å²) in [5.74, 6) is -2.07. The second-order valence-electron chi connectivity index (χ2n) is 24.0. The summed E-state index contributed by atoms with van der Waals surface area (Å²) in [5, 5.41) is -0.249. The molecule has 1 unspecified atom stereocenters. The van der Waals surface area contributed by atoms with Gasteiger partial charge >= 0.3 is 17.9 Å². The molecule has 0 radical (unpaired) electrons. The molecule has 0 spiro atoms. The number of hydrogen-bond donors (Lipinski definition) is 0. The molecule has 16 atom stereocenters. The van der Waals surface area contributed by atoms with Crippen LogP contribution in [0.25, 0.3) is 0 Å². The molecule has 0 aliphatic carbocycles. The number of carbonyl (C=O) groups excluding carboxylic acids is 3. The summed E-state index contributed by atoms with van der Waals surface area (Å²) in [7, 11) is -1.45. The highest BCUT2D eigenvalue weighted by molar-refractivity contribution is 7.85. The summed E-state index contributed by atoms with van der Waals surface area (Å²) in [6.07, 6.45) is -18.0. The molecule has 0 amide bonds. The molecule has 3 aliphatic rings. The van der Waals surface area contributed by atoms with Crippen LogP contribution in [0, 0.1) is 0 Å². The van der Waals surface area contributed by atoms with Crippen molar-refractivity contribution in [3.63, 3.8) is 0 Å². The summed E-state index contributed by atoms with van der Waals surface area (Å²) < 4.78 is 116. The van der Waals surface area contributed by atoms with Crippen molar-refractivity contribution in [2.45, 2.75) is 190 Å². The van der Waals surface area contributed by atoms with Crippen LogP contribution < -0.4 is 0 Å². The topological polar surface area (TPSA) is 207 Å². The van der Waals surface area contributed by atoms with Gasteiger partial charge in [0.05, 0.1) is 76.4 Å². The number of carbonyl (C=O) groups is 3. The Morgan fingerprint density at radius 3 is 1.15 bits per heavy atom. The van der Waals surface area contributed by atoms with Gasteiger partial charge in [-0.2, -0.15) is 0 Å². The van der Waals surface area contributed by atoms with E-state index >= 15 is 0 Å². The van der Waals surface area contributed by atoms with Gasteiger partial charge in [0.1, 0.15) is 48.8 Å². The number of rotatable bonds is 32. The van der Waals surface area contributed by atoms with Gasteiger partial charge in [-0.05, 0) is 51.9 Å². The van der Waals surface area contributed by atoms with Gasteiger partial charge < -0.3 is 71.1 Å². The van der Waals surface area contributed by atoms with Crippen LogP contribution >= 0.6 is 0 Å². The molecule has 3 fully saturated rings. The van der Waals surface area contributed by atoms with Crippen LogP contribution in [0.5, 0.6) is 0 Å². The van der Waals surface area contributed by atoms with Crippen LogP contribution in [-0.2, 0) is 142 Å². The first-order valence-electron chi connectivity index (χ1n) is 32.5. The predicted molar refractivity (Wildman–Crippen MR) is 353 cm³/mol. The third kappa shape index (κ3) is 20.4. The van der Waals surface area contributed by atoms with Crippen molar-refractivity contribution in [2.75, 3.05) is 13.2 Å². The smallest absolute Gasteiger partial charge is 0.303 e. The maximum Gasteiger partial charge on any atom is 0.303 e. The van der Waals surface area contributed by atoms with Crippen molar-refractivity contribution >= 4 is 28.7 Å². The Morgan fingerprint density at radius 1 is 0.365 bits per heavy atom. The lowest BCUT2D eigenvalue weighted by Gasteiger charge is -2.50. The average Bonchev–Trinajstić information content (AvgIpc) is 0.786. The largest absolute Gasteiger partial charge is 0.454 e. The molecule has 3 aliphatic heterocycles. The highest BCUT2D eigenvalue weighted by Gasteiger charge is 2.57. The van der Waals surface area contributed by atoms with E-state index in [0.717, 1.165) is 33.4 Å². The third-order valence-electron chi connectivity index (χ3n) is 16.4. The van der Waals surface area contributed by atoms with Crippen LogP contribution in [0.15, 0.2) is 211 Å². The van der Waals surface area contributed by atoms with E-state index in [2.05, 4.69) is 0 Å². The number of esters is 3. The minimum atomic E-state index is -1.50. The Kier molecular flexibility index (Phi) is 27.0. The number of hydrogen-bond acceptors (Lipinski definition) is 19. The molecule has 20 heteroatoms. The fraction of sp³-hybridized carbons (Fsp3) is 0.408. The monoisotopic (exact) mass is 1330 g/mol. The van der Waals surface area contributed by atoms with Gasteiger partial charge in [0.15, 0.2) is 37.2 Å². The molecule has 7 aromatic carbocycles. The molecule has 0 N–H and O–H groups in total. The molecule has 510 valence electrons. The Labute approximate surface area is 564 Å². The lowest BCUT2D eigenvalue weighted by Crippen LogP contribution is -2.66. The molecule has 0 saturated carbocycles. The Bertz CT molecular complexity index is 3480. The Balaban J connectivity index is 1.05. The summed E-state index contributed by atoms with van der Waals surface area (Å²) in [5.41, 5.74) is 5.68. The van der Waals surface area contributed by atoms with Gasteiger partial charge in [-0.15, -0.1) is 0 Å². The number of ether oxygens (including phenoxy) is 15. The quantitative estimate of drug-likeness (QED) is 0.0284. The van der Waals surface area contributed by atoms with Gasteiger partial charge in [-0.25, -0.2) is 0 Å². The summed E-state index contributed by atoms with van der Waals surface area (Å²) in [4.78, 5) is 41.4. The van der Waals surface area contributed by atoms with E-state index in [1.807, 2.05) is 209 Å². The second kappa shape index (κ2) is 36.3. The molecule has 0 bridgehead atoms. The van der Waals surface area contributed by atoms with E-state index in [1.165, 1.54) is 20.8 Å². The SMILES string of the molecule is CC(=O)O[C@H]1[C@H](O[C@@H]2[C@@H](OC(C)=O)[C@H](OCc3ccccc3S(=O)C(C)C)O[C@H](CO[C@@H]3O[C@H](COCc4ccccc4)[C@@H](OCc4ccccc4)[C@H](OCc4ccccc4)[C@H]3OC(C)=O)[C@H]2OCc2ccccc2)O[C@@H](C)[C@H](OCc2ccccc2)[C@H]1OCc1ccccc1. The molecule has 3 saturated heterocycles. The Morgan fingerprint density at radius 2 is 0.708 bits per heavy atom. The third-order valence-corrected chi connectivity index (χ3v) is 18.1. The zero-order valence-electron chi connectivity index (χ0n) is 54.9. The average molecular weight is 1340 g/mol. The fourth-order valence-corrected chi connectivity index (χ4v) is 12.9. The van der Waals surface area contributed by atoms with Gasteiger partial charge in [0.25, 0.3) is 0 Å². The van der Waals surface area contributed by atoms with Crippen LogP contribution in [0.2, 0.25) is 0 Å². The molecular formula is C76H86O19S. The molecular weight excluding hydrogens is 1250 g/mol. The van der Waals surface area contributed by atoms with E-state index in [4.69, 9.17) is 71.1 Å². The predicted octanol–water partition coefficient (Wildman–Crippen LogP) is 11.3. The maximum absolute atomic E-state index is 13.9. The highest BCUT2D eigenvalue weighted by Crippen LogP contribution is 2.38. The minimum Gasteiger partial charge on any atom is -0.454 e. The normalized spacial score (nSPS) is 26.1. The minimum absolute atomic E-state index is 0.0224. The van der Waals surface area contributed by atoms with Crippen molar-refractivity contribution in [2.24, 2.45) is 0 Å². The first kappa shape index (κ1) is 71.4. The van der Waals surface area contributed by atoms with Gasteiger partial charge in [0.2, 0.25) is 0 Å². The van der Waals surface area contributed by atoms with Crippen LogP contribution in [-0.4, -0.2) is 133 Å². The van der Waals surface area contributed by atoms with Crippen LogP contribution in [0.4, 0.5) is 0 Å². The first-order chi connectivity index (χ1) is 46.7. The zero-order valence-corrected chi connectivity index (χ0v) is 55.7. The van der Waals surface area contributed by atoms with Crippen molar-refractivity contribution in [1.82, 2.24) is 0 Å². The first-order valence-corrected chi connectivity index (χ1v) is 33.7. The van der Waals surface area contributed by atoms with Crippen LogP contribution in [0.1, 0.15) is 80.5 Å². The summed E-state index contributed by atoms with van der Waals surface area (Å²) >= 11 is 0. The van der Waals surface area contributed by atoms with Crippen molar-refractivity contribution in [3.8, 4) is 0 Å². The molecule has 96 heavy (non-hydrogen) atoms. The highest BCUT2D eigenvalue weighted by atomic mass is 32.2. The lowest BCUT2D eigenvalue weighted by molar-refractivity contribution is -0.374. The van der Waals surface area contributed by atoms with Gasteiger partial charge in [0, 0.05) is 30.9 Å².